The van der Waals surface area contributed by atoms with Gasteiger partial charge in [0.2, 0.25) is 0 Å². The van der Waals surface area contributed by atoms with Crippen LogP contribution >= 0.6 is 0 Å². The zero-order valence-electron chi connectivity index (χ0n) is 12.9. The van der Waals surface area contributed by atoms with E-state index in [0.29, 0.717) is 0 Å². The van der Waals surface area contributed by atoms with E-state index in [1.807, 2.05) is 42.6 Å². The number of pyridine rings is 1. The lowest BCUT2D eigenvalue weighted by atomic mass is 10.1. The Morgan fingerprint density at radius 1 is 1.13 bits per heavy atom. The number of hydrogen-bond donors (Lipinski definition) is 3. The van der Waals surface area contributed by atoms with Crippen LogP contribution in [0.4, 0.5) is 11.4 Å². The Kier molecular flexibility index (Phi) is 3.86. The van der Waals surface area contributed by atoms with Crippen LogP contribution in [-0.4, -0.2) is 29.2 Å². The Hall–Kier alpha value is -2.53. The van der Waals surface area contributed by atoms with Crippen LogP contribution in [0.25, 0.3) is 11.0 Å². The third-order valence-corrected chi connectivity index (χ3v) is 4.15. The van der Waals surface area contributed by atoms with Gasteiger partial charge in [0.25, 0.3) is 0 Å². The van der Waals surface area contributed by atoms with Gasteiger partial charge in [-0.2, -0.15) is 0 Å². The SMILES string of the molecule is c1cc(Nc2ccc(O[C@H]3CCCNC3)cc2)c2cc[nH]c2n1. The molecule has 5 nitrogen and oxygen atoms in total. The Morgan fingerprint density at radius 3 is 2.87 bits per heavy atom. The molecule has 3 heterocycles. The average Bonchev–Trinajstić information content (AvgIpc) is 3.07. The minimum atomic E-state index is 0.280. The van der Waals surface area contributed by atoms with Crippen molar-refractivity contribution in [3.63, 3.8) is 0 Å². The number of benzene rings is 1. The quantitative estimate of drug-likeness (QED) is 0.691. The van der Waals surface area contributed by atoms with E-state index < -0.39 is 0 Å². The van der Waals surface area contributed by atoms with E-state index >= 15 is 0 Å². The lowest BCUT2D eigenvalue weighted by molar-refractivity contribution is 0.167. The van der Waals surface area contributed by atoms with Crippen molar-refractivity contribution in [1.29, 1.82) is 0 Å². The second-order valence-electron chi connectivity index (χ2n) is 5.83. The molecular formula is C18H20N4O. The summed E-state index contributed by atoms with van der Waals surface area (Å²) < 4.78 is 6.01. The first-order valence-electron chi connectivity index (χ1n) is 8.05. The largest absolute Gasteiger partial charge is 0.489 e. The van der Waals surface area contributed by atoms with Crippen LogP contribution in [0.2, 0.25) is 0 Å². The topological polar surface area (TPSA) is 62.0 Å². The molecule has 0 saturated carbocycles. The highest BCUT2D eigenvalue weighted by molar-refractivity contribution is 5.91. The normalized spacial score (nSPS) is 18.0. The molecule has 0 spiro atoms. The van der Waals surface area contributed by atoms with Crippen molar-refractivity contribution in [3.05, 3.63) is 48.8 Å². The van der Waals surface area contributed by atoms with Crippen LogP contribution in [0.3, 0.4) is 0 Å². The number of anilines is 2. The summed E-state index contributed by atoms with van der Waals surface area (Å²) in [6.07, 6.45) is 6.28. The van der Waals surface area contributed by atoms with Gasteiger partial charge in [0.05, 0.1) is 5.69 Å². The van der Waals surface area contributed by atoms with Crippen LogP contribution < -0.4 is 15.4 Å². The first-order chi connectivity index (χ1) is 11.4. The van der Waals surface area contributed by atoms with Gasteiger partial charge < -0.3 is 20.4 Å². The monoisotopic (exact) mass is 308 g/mol. The van der Waals surface area contributed by atoms with E-state index in [9.17, 15) is 0 Å². The van der Waals surface area contributed by atoms with E-state index in [1.54, 1.807) is 6.20 Å². The van der Waals surface area contributed by atoms with Gasteiger partial charge in [0.1, 0.15) is 17.5 Å². The van der Waals surface area contributed by atoms with E-state index in [2.05, 4.69) is 20.6 Å². The molecule has 1 atom stereocenters. The lowest BCUT2D eigenvalue weighted by Gasteiger charge is -2.24. The molecule has 3 N–H and O–H groups in total. The summed E-state index contributed by atoms with van der Waals surface area (Å²) in [7, 11) is 0. The van der Waals surface area contributed by atoms with E-state index in [4.69, 9.17) is 4.74 Å². The molecule has 1 fully saturated rings. The van der Waals surface area contributed by atoms with Crippen LogP contribution in [0.15, 0.2) is 48.8 Å². The first-order valence-corrected chi connectivity index (χ1v) is 8.05. The number of hydrogen-bond acceptors (Lipinski definition) is 4. The molecule has 1 saturated heterocycles. The molecule has 2 aromatic heterocycles. The predicted octanol–water partition coefficient (Wildman–Crippen LogP) is 3.44. The second-order valence-corrected chi connectivity index (χ2v) is 5.83. The molecule has 0 amide bonds. The molecular weight excluding hydrogens is 288 g/mol. The number of rotatable bonds is 4. The predicted molar refractivity (Wildman–Crippen MR) is 92.3 cm³/mol. The molecule has 5 heteroatoms. The fourth-order valence-corrected chi connectivity index (χ4v) is 2.96. The van der Waals surface area contributed by atoms with Crippen molar-refractivity contribution in [3.8, 4) is 5.75 Å². The minimum Gasteiger partial charge on any atom is -0.489 e. The van der Waals surface area contributed by atoms with E-state index in [0.717, 1.165) is 47.7 Å². The molecule has 0 bridgehead atoms. The fourth-order valence-electron chi connectivity index (χ4n) is 2.96. The third-order valence-electron chi connectivity index (χ3n) is 4.15. The Labute approximate surface area is 135 Å². The maximum absolute atomic E-state index is 6.01. The molecule has 23 heavy (non-hydrogen) atoms. The maximum Gasteiger partial charge on any atom is 0.139 e. The van der Waals surface area contributed by atoms with Gasteiger partial charge in [-0.15, -0.1) is 0 Å². The molecule has 1 aromatic carbocycles. The van der Waals surface area contributed by atoms with Crippen molar-refractivity contribution in [2.45, 2.75) is 18.9 Å². The Bertz CT molecular complexity index is 775. The molecule has 3 aromatic rings. The fraction of sp³-hybridized carbons (Fsp3) is 0.278. The van der Waals surface area contributed by atoms with Gasteiger partial charge in [-0.1, -0.05) is 0 Å². The maximum atomic E-state index is 6.01. The zero-order valence-corrected chi connectivity index (χ0v) is 12.9. The van der Waals surface area contributed by atoms with Crippen LogP contribution in [0.1, 0.15) is 12.8 Å². The first kappa shape index (κ1) is 14.1. The highest BCUT2D eigenvalue weighted by Gasteiger charge is 2.14. The lowest BCUT2D eigenvalue weighted by Crippen LogP contribution is -2.37. The van der Waals surface area contributed by atoms with Crippen LogP contribution in [0, 0.1) is 0 Å². The molecule has 1 aliphatic rings. The van der Waals surface area contributed by atoms with E-state index in [-0.39, 0.29) is 6.10 Å². The van der Waals surface area contributed by atoms with Crippen molar-refractivity contribution >= 4 is 22.4 Å². The number of fused-ring (bicyclic) bond motifs is 1. The highest BCUT2D eigenvalue weighted by atomic mass is 16.5. The Morgan fingerprint density at radius 2 is 2.04 bits per heavy atom. The number of aromatic amines is 1. The van der Waals surface area contributed by atoms with Crippen molar-refractivity contribution in [2.24, 2.45) is 0 Å². The Balaban J connectivity index is 1.46. The average molecular weight is 308 g/mol. The standard InChI is InChI=1S/C18H20N4O/c1-2-15(12-19-9-1)23-14-5-3-13(4-6-14)22-17-8-11-21-18-16(17)7-10-20-18/h3-8,10-11,15,19H,1-2,9,12H2,(H2,20,21,22)/t15-/m0/s1. The van der Waals surface area contributed by atoms with Crippen molar-refractivity contribution < 1.29 is 4.74 Å². The molecule has 4 rings (SSSR count). The summed E-state index contributed by atoms with van der Waals surface area (Å²) in [5, 5.41) is 7.89. The molecule has 0 unspecified atom stereocenters. The van der Waals surface area contributed by atoms with Gasteiger partial charge in [-0.25, -0.2) is 4.98 Å². The highest BCUT2D eigenvalue weighted by Crippen LogP contribution is 2.26. The number of nitrogens with zero attached hydrogens (tertiary/aromatic N) is 1. The van der Waals surface area contributed by atoms with E-state index in [1.165, 1.54) is 6.42 Å². The zero-order chi connectivity index (χ0) is 15.5. The number of H-pyrrole nitrogens is 1. The number of piperidine rings is 1. The van der Waals surface area contributed by atoms with Gasteiger partial charge in [-0.3, -0.25) is 0 Å². The van der Waals surface area contributed by atoms with Crippen LogP contribution in [0.5, 0.6) is 5.75 Å². The van der Waals surface area contributed by atoms with Gasteiger partial charge in [0.15, 0.2) is 0 Å². The molecule has 0 radical (unpaired) electrons. The van der Waals surface area contributed by atoms with Crippen molar-refractivity contribution in [1.82, 2.24) is 15.3 Å². The number of aromatic nitrogens is 2. The van der Waals surface area contributed by atoms with Crippen LogP contribution in [-0.2, 0) is 0 Å². The molecule has 0 aliphatic carbocycles. The van der Waals surface area contributed by atoms with Crippen molar-refractivity contribution in [2.75, 3.05) is 18.4 Å². The van der Waals surface area contributed by atoms with Gasteiger partial charge >= 0.3 is 0 Å². The summed E-state index contributed by atoms with van der Waals surface area (Å²) in [5.41, 5.74) is 2.97. The smallest absolute Gasteiger partial charge is 0.139 e. The minimum absolute atomic E-state index is 0.280. The summed E-state index contributed by atoms with van der Waals surface area (Å²) in [6.45, 7) is 2.03. The summed E-state index contributed by atoms with van der Waals surface area (Å²) in [6, 6.07) is 12.1. The molecule has 1 aliphatic heterocycles. The van der Waals surface area contributed by atoms with Gasteiger partial charge in [0, 0.05) is 30.0 Å². The third kappa shape index (κ3) is 3.14. The van der Waals surface area contributed by atoms with Gasteiger partial charge in [-0.05, 0) is 55.8 Å². The summed E-state index contributed by atoms with van der Waals surface area (Å²) >= 11 is 0. The number of ether oxygens (including phenoxy) is 1. The summed E-state index contributed by atoms with van der Waals surface area (Å²) in [5.74, 6) is 0.922. The number of nitrogens with one attached hydrogen (secondary N) is 3. The summed E-state index contributed by atoms with van der Waals surface area (Å²) in [4.78, 5) is 7.42. The second kappa shape index (κ2) is 6.30. The molecule has 118 valence electrons.